The lowest BCUT2D eigenvalue weighted by molar-refractivity contribution is 0.411. The first-order valence-corrected chi connectivity index (χ1v) is 9.60. The molecule has 0 aliphatic carbocycles. The number of nitrogens with zero attached hydrogens (tertiary/aromatic N) is 2. The number of ether oxygens (including phenoxy) is 1. The Morgan fingerprint density at radius 2 is 1.70 bits per heavy atom. The molecule has 0 atom stereocenters. The summed E-state index contributed by atoms with van der Waals surface area (Å²) in [7, 11) is -2.61. The molecule has 10 heteroatoms. The van der Waals surface area contributed by atoms with Gasteiger partial charge in [-0.1, -0.05) is 29.3 Å². The molecule has 0 spiro atoms. The molecule has 0 aliphatic rings. The summed E-state index contributed by atoms with van der Waals surface area (Å²) in [4.78, 5) is 12.0. The molecule has 0 fully saturated rings. The van der Waals surface area contributed by atoms with Crippen LogP contribution in [0.5, 0.6) is 11.5 Å². The summed E-state index contributed by atoms with van der Waals surface area (Å²) in [5.74, 6) is 0.573. The molecule has 0 bridgehead atoms. The largest absolute Gasteiger partial charge is 0.497 e. The molecule has 27 heavy (non-hydrogen) atoms. The minimum atomic E-state index is -4.07. The predicted octanol–water partition coefficient (Wildman–Crippen LogP) is 3.32. The predicted molar refractivity (Wildman–Crippen MR) is 101 cm³/mol. The van der Waals surface area contributed by atoms with Crippen molar-refractivity contribution >= 4 is 33.3 Å². The van der Waals surface area contributed by atoms with Crippen LogP contribution in [0.1, 0.15) is 0 Å². The topological polar surface area (TPSA) is 87.5 Å². The zero-order chi connectivity index (χ0) is 19.6. The van der Waals surface area contributed by atoms with Crippen molar-refractivity contribution in [3.8, 4) is 17.2 Å². The molecule has 3 rings (SSSR count). The molecule has 0 amide bonds. The van der Waals surface area contributed by atoms with Crippen molar-refractivity contribution in [2.75, 3.05) is 7.11 Å². The second-order valence-electron chi connectivity index (χ2n) is 5.23. The molecule has 7 nitrogen and oxygen atoms in total. The highest BCUT2D eigenvalue weighted by Crippen LogP contribution is 2.23. The summed E-state index contributed by atoms with van der Waals surface area (Å²) >= 11 is 11.6. The molecule has 1 aromatic heterocycles. The van der Waals surface area contributed by atoms with Gasteiger partial charge in [-0.3, -0.25) is 4.79 Å². The molecule has 0 saturated carbocycles. The third kappa shape index (κ3) is 4.08. The van der Waals surface area contributed by atoms with Crippen LogP contribution < -0.4 is 14.5 Å². The number of hydrogen-bond acceptors (Lipinski definition) is 6. The van der Waals surface area contributed by atoms with Gasteiger partial charge in [0.25, 0.3) is 5.56 Å². The van der Waals surface area contributed by atoms with E-state index >= 15 is 0 Å². The third-order valence-corrected chi connectivity index (χ3v) is 5.50. The highest BCUT2D eigenvalue weighted by Gasteiger charge is 2.18. The lowest BCUT2D eigenvalue weighted by atomic mass is 10.3. The number of aromatic nitrogens is 2. The van der Waals surface area contributed by atoms with Crippen LogP contribution in [0.15, 0.2) is 64.4 Å². The second kappa shape index (κ2) is 7.59. The molecule has 3 aromatic rings. The SMILES string of the molecule is COc1cccc(OS(=O)(=O)c2ccc(-n3ncc(Cl)c(Cl)c3=O)cc2)c1. The highest BCUT2D eigenvalue weighted by molar-refractivity contribution is 7.87. The second-order valence-corrected chi connectivity index (χ2v) is 7.57. The molecule has 0 aliphatic heterocycles. The van der Waals surface area contributed by atoms with E-state index in [0.29, 0.717) is 11.4 Å². The van der Waals surface area contributed by atoms with Crippen LogP contribution in [0.2, 0.25) is 10.0 Å². The summed E-state index contributed by atoms with van der Waals surface area (Å²) < 4.78 is 36.0. The van der Waals surface area contributed by atoms with Crippen LogP contribution >= 0.6 is 23.2 Å². The van der Waals surface area contributed by atoms with Gasteiger partial charge in [-0.2, -0.15) is 18.2 Å². The van der Waals surface area contributed by atoms with E-state index in [1.54, 1.807) is 12.1 Å². The van der Waals surface area contributed by atoms with Crippen LogP contribution in [0.4, 0.5) is 0 Å². The Hall–Kier alpha value is -2.55. The Morgan fingerprint density at radius 3 is 2.37 bits per heavy atom. The first kappa shape index (κ1) is 19.2. The number of hydrogen-bond donors (Lipinski definition) is 0. The Labute approximate surface area is 164 Å². The van der Waals surface area contributed by atoms with Crippen molar-refractivity contribution in [3.63, 3.8) is 0 Å². The van der Waals surface area contributed by atoms with Gasteiger partial charge in [0.1, 0.15) is 21.4 Å². The average Bonchev–Trinajstić information content (AvgIpc) is 2.66. The minimum absolute atomic E-state index is 0.0313. The summed E-state index contributed by atoms with van der Waals surface area (Å²) in [6.45, 7) is 0. The van der Waals surface area contributed by atoms with E-state index < -0.39 is 15.7 Å². The van der Waals surface area contributed by atoms with E-state index in [4.69, 9.17) is 32.1 Å². The maximum absolute atomic E-state index is 12.4. The van der Waals surface area contributed by atoms with Gasteiger partial charge in [-0.05, 0) is 36.4 Å². The maximum Gasteiger partial charge on any atom is 0.339 e. The smallest absolute Gasteiger partial charge is 0.339 e. The van der Waals surface area contributed by atoms with Crippen molar-refractivity contribution < 1.29 is 17.3 Å². The quantitative estimate of drug-likeness (QED) is 0.581. The lowest BCUT2D eigenvalue weighted by Gasteiger charge is -2.09. The van der Waals surface area contributed by atoms with E-state index in [9.17, 15) is 13.2 Å². The van der Waals surface area contributed by atoms with Gasteiger partial charge in [0.05, 0.1) is 24.0 Å². The van der Waals surface area contributed by atoms with Crippen molar-refractivity contribution in [1.29, 1.82) is 0 Å². The molecule has 2 aromatic carbocycles. The normalized spacial score (nSPS) is 11.2. The van der Waals surface area contributed by atoms with Gasteiger partial charge < -0.3 is 8.92 Å². The van der Waals surface area contributed by atoms with E-state index in [2.05, 4.69) is 5.10 Å². The van der Waals surface area contributed by atoms with E-state index in [0.717, 1.165) is 4.68 Å². The lowest BCUT2D eigenvalue weighted by Crippen LogP contribution is -2.21. The molecule has 0 radical (unpaired) electrons. The molecule has 0 saturated heterocycles. The fourth-order valence-electron chi connectivity index (χ4n) is 2.18. The zero-order valence-corrected chi connectivity index (χ0v) is 16.1. The van der Waals surface area contributed by atoms with Crippen LogP contribution in [-0.4, -0.2) is 25.3 Å². The first-order valence-electron chi connectivity index (χ1n) is 7.44. The standard InChI is InChI=1S/C17H12Cl2N2O5S/c1-25-12-3-2-4-13(9-12)26-27(23,24)14-7-5-11(6-8-14)21-17(22)16(19)15(18)10-20-21/h2-10H,1H3. The number of benzene rings is 2. The summed E-state index contributed by atoms with van der Waals surface area (Å²) in [5, 5.41) is 3.74. The summed E-state index contributed by atoms with van der Waals surface area (Å²) in [6.07, 6.45) is 1.22. The number of methoxy groups -OCH3 is 1. The van der Waals surface area contributed by atoms with Gasteiger partial charge in [-0.15, -0.1) is 0 Å². The van der Waals surface area contributed by atoms with E-state index in [1.807, 2.05) is 0 Å². The first-order chi connectivity index (χ1) is 12.8. The zero-order valence-electron chi connectivity index (χ0n) is 13.8. The van der Waals surface area contributed by atoms with Gasteiger partial charge in [0.15, 0.2) is 0 Å². The molecular formula is C17H12Cl2N2O5S. The number of rotatable bonds is 5. The molecule has 0 N–H and O–H groups in total. The van der Waals surface area contributed by atoms with Crippen LogP contribution in [-0.2, 0) is 10.1 Å². The fraction of sp³-hybridized carbons (Fsp3) is 0.0588. The monoisotopic (exact) mass is 426 g/mol. The van der Waals surface area contributed by atoms with Gasteiger partial charge in [0, 0.05) is 6.07 Å². The Bertz CT molecular complexity index is 1140. The van der Waals surface area contributed by atoms with Crippen LogP contribution in [0, 0.1) is 0 Å². The van der Waals surface area contributed by atoms with Crippen molar-refractivity contribution in [2.24, 2.45) is 0 Å². The molecule has 1 heterocycles. The molecule has 0 unspecified atom stereocenters. The van der Waals surface area contributed by atoms with Gasteiger partial charge in [0.2, 0.25) is 0 Å². The Balaban J connectivity index is 1.90. The van der Waals surface area contributed by atoms with E-state index in [-0.39, 0.29) is 20.7 Å². The van der Waals surface area contributed by atoms with E-state index in [1.165, 1.54) is 49.7 Å². The summed E-state index contributed by atoms with van der Waals surface area (Å²) in [6, 6.07) is 11.6. The van der Waals surface area contributed by atoms with Gasteiger partial charge >= 0.3 is 10.1 Å². The molecular weight excluding hydrogens is 415 g/mol. The maximum atomic E-state index is 12.4. The van der Waals surface area contributed by atoms with Crippen LogP contribution in [0.3, 0.4) is 0 Å². The Kier molecular flexibility index (Phi) is 5.41. The van der Waals surface area contributed by atoms with Crippen molar-refractivity contribution in [1.82, 2.24) is 9.78 Å². The number of halogens is 2. The Morgan fingerprint density at radius 1 is 1.04 bits per heavy atom. The minimum Gasteiger partial charge on any atom is -0.497 e. The third-order valence-electron chi connectivity index (χ3n) is 3.49. The van der Waals surface area contributed by atoms with Crippen molar-refractivity contribution in [2.45, 2.75) is 4.90 Å². The molecule has 140 valence electrons. The highest BCUT2D eigenvalue weighted by atomic mass is 35.5. The van der Waals surface area contributed by atoms with Crippen molar-refractivity contribution in [3.05, 3.63) is 75.1 Å². The van der Waals surface area contributed by atoms with Crippen LogP contribution in [0.25, 0.3) is 5.69 Å². The van der Waals surface area contributed by atoms with Gasteiger partial charge in [-0.25, -0.2) is 0 Å². The fourth-order valence-corrected chi connectivity index (χ4v) is 3.35. The average molecular weight is 427 g/mol. The summed E-state index contributed by atoms with van der Waals surface area (Å²) in [5.41, 5.74) is -0.300.